The molecule has 0 aromatic heterocycles. The second-order valence-electron chi connectivity index (χ2n) is 4.70. The van der Waals surface area contributed by atoms with Gasteiger partial charge in [0.05, 0.1) is 6.54 Å². The zero-order valence-corrected chi connectivity index (χ0v) is 11.2. The van der Waals surface area contributed by atoms with Gasteiger partial charge in [-0.05, 0) is 32.4 Å². The summed E-state index contributed by atoms with van der Waals surface area (Å²) in [7, 11) is 0. The maximum absolute atomic E-state index is 11.2. The van der Waals surface area contributed by atoms with Crippen molar-refractivity contribution in [2.75, 3.05) is 13.1 Å². The van der Waals surface area contributed by atoms with E-state index in [1.807, 2.05) is 18.2 Å². The Balaban J connectivity index is 2.50. The summed E-state index contributed by atoms with van der Waals surface area (Å²) >= 11 is 0. The first-order chi connectivity index (χ1) is 8.58. The molecule has 1 rings (SSSR count). The van der Waals surface area contributed by atoms with Gasteiger partial charge in [-0.3, -0.25) is 9.69 Å². The average molecular weight is 247 g/mol. The molecule has 98 valence electrons. The molecule has 0 spiro atoms. The van der Waals surface area contributed by atoms with Crippen molar-refractivity contribution in [3.05, 3.63) is 35.9 Å². The van der Waals surface area contributed by atoms with Gasteiger partial charge in [0.2, 0.25) is 0 Å². The maximum atomic E-state index is 11.2. The molecule has 3 nitrogen and oxygen atoms in total. The third kappa shape index (κ3) is 6.30. The molecular weight excluding hydrogens is 226 g/mol. The van der Waals surface area contributed by atoms with Gasteiger partial charge < -0.3 is 4.79 Å². The second kappa shape index (κ2) is 7.77. The number of rotatable bonds is 8. The molecule has 0 heterocycles. The number of carbonyl (C=O) groups is 2. The van der Waals surface area contributed by atoms with Crippen LogP contribution >= 0.6 is 0 Å². The van der Waals surface area contributed by atoms with Crippen LogP contribution in [-0.2, 0) is 16.1 Å². The van der Waals surface area contributed by atoms with Crippen LogP contribution in [0.3, 0.4) is 0 Å². The van der Waals surface area contributed by atoms with Gasteiger partial charge in [-0.1, -0.05) is 30.3 Å². The minimum Gasteiger partial charge on any atom is -0.300 e. The normalized spacial score (nSPS) is 10.6. The SMILES string of the molecule is CC(=O)CCCN(CC(C)=O)Cc1ccccc1. The van der Waals surface area contributed by atoms with Gasteiger partial charge in [0.15, 0.2) is 0 Å². The van der Waals surface area contributed by atoms with E-state index in [9.17, 15) is 9.59 Å². The third-order valence-electron chi connectivity index (χ3n) is 2.70. The Morgan fingerprint density at radius 2 is 1.72 bits per heavy atom. The third-order valence-corrected chi connectivity index (χ3v) is 2.70. The molecule has 3 heteroatoms. The van der Waals surface area contributed by atoms with Crippen molar-refractivity contribution in [2.24, 2.45) is 0 Å². The van der Waals surface area contributed by atoms with Gasteiger partial charge >= 0.3 is 0 Å². The van der Waals surface area contributed by atoms with Crippen LogP contribution in [0.2, 0.25) is 0 Å². The highest BCUT2D eigenvalue weighted by Gasteiger charge is 2.08. The summed E-state index contributed by atoms with van der Waals surface area (Å²) in [5.41, 5.74) is 1.20. The smallest absolute Gasteiger partial charge is 0.143 e. The summed E-state index contributed by atoms with van der Waals surface area (Å²) in [6.45, 7) is 5.20. The lowest BCUT2D eigenvalue weighted by molar-refractivity contribution is -0.118. The lowest BCUT2D eigenvalue weighted by Crippen LogP contribution is -2.29. The van der Waals surface area contributed by atoms with Crippen LogP contribution in [0.1, 0.15) is 32.3 Å². The fraction of sp³-hybridized carbons (Fsp3) is 0.467. The summed E-state index contributed by atoms with van der Waals surface area (Å²) in [6, 6.07) is 10.1. The number of ketones is 2. The molecule has 0 N–H and O–H groups in total. The molecule has 0 aliphatic heterocycles. The number of Topliss-reactive ketones (excluding diaryl/α,β-unsaturated/α-hetero) is 2. The van der Waals surface area contributed by atoms with E-state index >= 15 is 0 Å². The topological polar surface area (TPSA) is 37.4 Å². The lowest BCUT2D eigenvalue weighted by Gasteiger charge is -2.20. The number of hydrogen-bond donors (Lipinski definition) is 0. The lowest BCUT2D eigenvalue weighted by atomic mass is 10.2. The number of nitrogens with zero attached hydrogens (tertiary/aromatic N) is 1. The van der Waals surface area contributed by atoms with E-state index in [4.69, 9.17) is 0 Å². The zero-order chi connectivity index (χ0) is 13.4. The van der Waals surface area contributed by atoms with E-state index in [1.165, 1.54) is 5.56 Å². The van der Waals surface area contributed by atoms with E-state index in [1.54, 1.807) is 13.8 Å². The van der Waals surface area contributed by atoms with Crippen molar-refractivity contribution in [3.8, 4) is 0 Å². The minimum absolute atomic E-state index is 0.161. The van der Waals surface area contributed by atoms with Crippen molar-refractivity contribution in [1.82, 2.24) is 4.90 Å². The van der Waals surface area contributed by atoms with Crippen LogP contribution in [-0.4, -0.2) is 29.6 Å². The van der Waals surface area contributed by atoms with E-state index in [0.717, 1.165) is 19.5 Å². The highest BCUT2D eigenvalue weighted by Crippen LogP contribution is 2.06. The summed E-state index contributed by atoms with van der Waals surface area (Å²) in [6.07, 6.45) is 1.40. The van der Waals surface area contributed by atoms with Crippen LogP contribution < -0.4 is 0 Å². The Labute approximate surface area is 109 Å². The Kier molecular flexibility index (Phi) is 6.29. The van der Waals surface area contributed by atoms with Crippen molar-refractivity contribution in [3.63, 3.8) is 0 Å². The van der Waals surface area contributed by atoms with Gasteiger partial charge in [-0.25, -0.2) is 0 Å². The standard InChI is InChI=1S/C15H21NO2/c1-13(17)7-6-10-16(11-14(2)18)12-15-8-4-3-5-9-15/h3-5,8-9H,6-7,10-12H2,1-2H3. The minimum atomic E-state index is 0.161. The van der Waals surface area contributed by atoms with Gasteiger partial charge in [0.25, 0.3) is 0 Å². The molecule has 0 saturated carbocycles. The fourth-order valence-electron chi connectivity index (χ4n) is 1.92. The quantitative estimate of drug-likeness (QED) is 0.708. The predicted octanol–water partition coefficient (Wildman–Crippen LogP) is 2.45. The molecule has 0 aliphatic rings. The Hall–Kier alpha value is -1.48. The highest BCUT2D eigenvalue weighted by molar-refractivity contribution is 5.77. The molecule has 0 aliphatic carbocycles. The van der Waals surface area contributed by atoms with Crippen LogP contribution in [0.15, 0.2) is 30.3 Å². The molecule has 1 aromatic carbocycles. The molecule has 0 atom stereocenters. The molecule has 0 amide bonds. The van der Waals surface area contributed by atoms with Gasteiger partial charge in [0, 0.05) is 13.0 Å². The molecule has 0 fully saturated rings. The number of benzene rings is 1. The van der Waals surface area contributed by atoms with Crippen molar-refractivity contribution >= 4 is 11.6 Å². The summed E-state index contributed by atoms with van der Waals surface area (Å²) in [5, 5.41) is 0. The van der Waals surface area contributed by atoms with Crippen LogP contribution in [0.25, 0.3) is 0 Å². The molecule has 0 radical (unpaired) electrons. The first-order valence-electron chi connectivity index (χ1n) is 6.33. The van der Waals surface area contributed by atoms with E-state index in [0.29, 0.717) is 13.0 Å². The fourth-order valence-corrected chi connectivity index (χ4v) is 1.92. The second-order valence-corrected chi connectivity index (χ2v) is 4.70. The van der Waals surface area contributed by atoms with Gasteiger partial charge in [0.1, 0.15) is 11.6 Å². The maximum Gasteiger partial charge on any atom is 0.143 e. The van der Waals surface area contributed by atoms with Crippen molar-refractivity contribution < 1.29 is 9.59 Å². The van der Waals surface area contributed by atoms with E-state index in [2.05, 4.69) is 17.0 Å². The summed E-state index contributed by atoms with van der Waals surface area (Å²) < 4.78 is 0. The Morgan fingerprint density at radius 3 is 2.28 bits per heavy atom. The van der Waals surface area contributed by atoms with Crippen molar-refractivity contribution in [1.29, 1.82) is 0 Å². The monoisotopic (exact) mass is 247 g/mol. The summed E-state index contributed by atoms with van der Waals surface area (Å²) in [4.78, 5) is 24.3. The largest absolute Gasteiger partial charge is 0.300 e. The molecule has 18 heavy (non-hydrogen) atoms. The zero-order valence-electron chi connectivity index (χ0n) is 11.2. The van der Waals surface area contributed by atoms with Gasteiger partial charge in [-0.15, -0.1) is 0 Å². The molecule has 0 unspecified atom stereocenters. The molecule has 0 saturated heterocycles. The predicted molar refractivity (Wildman–Crippen MR) is 72.3 cm³/mol. The highest BCUT2D eigenvalue weighted by atomic mass is 16.1. The first-order valence-corrected chi connectivity index (χ1v) is 6.33. The van der Waals surface area contributed by atoms with E-state index < -0.39 is 0 Å². The number of carbonyl (C=O) groups excluding carboxylic acids is 2. The molecule has 0 bridgehead atoms. The molecular formula is C15H21NO2. The van der Waals surface area contributed by atoms with Crippen LogP contribution in [0.4, 0.5) is 0 Å². The van der Waals surface area contributed by atoms with Crippen LogP contribution in [0, 0.1) is 0 Å². The first kappa shape index (κ1) is 14.6. The summed E-state index contributed by atoms with van der Waals surface area (Å²) in [5.74, 6) is 0.367. The van der Waals surface area contributed by atoms with Crippen molar-refractivity contribution in [2.45, 2.75) is 33.2 Å². The van der Waals surface area contributed by atoms with Crippen LogP contribution in [0.5, 0.6) is 0 Å². The van der Waals surface area contributed by atoms with E-state index in [-0.39, 0.29) is 11.6 Å². The Bertz CT molecular complexity index is 387. The van der Waals surface area contributed by atoms with Gasteiger partial charge in [-0.2, -0.15) is 0 Å². The Morgan fingerprint density at radius 1 is 1.06 bits per heavy atom. The average Bonchev–Trinajstić information content (AvgIpc) is 2.28. The number of hydrogen-bond acceptors (Lipinski definition) is 3. The molecule has 1 aromatic rings.